The lowest BCUT2D eigenvalue weighted by Crippen LogP contribution is -2.44. The Hall–Kier alpha value is -0.120. The fourth-order valence-electron chi connectivity index (χ4n) is 2.52. The molecule has 1 saturated carbocycles. The molecule has 114 valence electrons. The van der Waals surface area contributed by atoms with E-state index >= 15 is 0 Å². The molecule has 0 aromatic carbocycles. The third-order valence-electron chi connectivity index (χ3n) is 4.11. The summed E-state index contributed by atoms with van der Waals surface area (Å²) in [5.41, 5.74) is -0.0353. The molecule has 3 nitrogen and oxygen atoms in total. The van der Waals surface area contributed by atoms with Gasteiger partial charge in [0.1, 0.15) is 0 Å². The third kappa shape index (κ3) is 6.24. The van der Waals surface area contributed by atoms with Crippen LogP contribution in [-0.2, 0) is 9.47 Å². The van der Waals surface area contributed by atoms with E-state index in [0.29, 0.717) is 12.1 Å². The highest BCUT2D eigenvalue weighted by molar-refractivity contribution is 4.91. The Morgan fingerprint density at radius 1 is 1.26 bits per heavy atom. The zero-order chi connectivity index (χ0) is 14.3. The second kappa shape index (κ2) is 8.23. The molecule has 0 aromatic heterocycles. The maximum absolute atomic E-state index is 6.02. The molecule has 19 heavy (non-hydrogen) atoms. The van der Waals surface area contributed by atoms with E-state index in [1.54, 1.807) is 7.11 Å². The van der Waals surface area contributed by atoms with Gasteiger partial charge in [0.25, 0.3) is 0 Å². The van der Waals surface area contributed by atoms with Crippen LogP contribution in [0, 0.1) is 5.92 Å². The van der Waals surface area contributed by atoms with E-state index in [-0.39, 0.29) is 5.60 Å². The lowest BCUT2D eigenvalue weighted by molar-refractivity contribution is -0.00982. The van der Waals surface area contributed by atoms with Gasteiger partial charge in [0.05, 0.1) is 11.7 Å². The SMILES string of the molecule is CCCNC(CCC(C)(C)OC)C(OCC)C1CC1. The van der Waals surface area contributed by atoms with Crippen LogP contribution >= 0.6 is 0 Å². The van der Waals surface area contributed by atoms with Gasteiger partial charge in [0.15, 0.2) is 0 Å². The average molecular weight is 271 g/mol. The second-order valence-corrected chi connectivity index (χ2v) is 6.32. The van der Waals surface area contributed by atoms with Crippen molar-refractivity contribution in [1.82, 2.24) is 5.32 Å². The molecule has 0 aliphatic heterocycles. The first kappa shape index (κ1) is 16.9. The van der Waals surface area contributed by atoms with Gasteiger partial charge in [0, 0.05) is 19.8 Å². The third-order valence-corrected chi connectivity index (χ3v) is 4.11. The Morgan fingerprint density at radius 2 is 1.95 bits per heavy atom. The van der Waals surface area contributed by atoms with Crippen LogP contribution in [0.15, 0.2) is 0 Å². The van der Waals surface area contributed by atoms with Gasteiger partial charge in [-0.3, -0.25) is 0 Å². The molecule has 2 unspecified atom stereocenters. The summed E-state index contributed by atoms with van der Waals surface area (Å²) in [4.78, 5) is 0. The van der Waals surface area contributed by atoms with Gasteiger partial charge < -0.3 is 14.8 Å². The molecule has 1 aliphatic rings. The molecule has 3 heteroatoms. The topological polar surface area (TPSA) is 30.5 Å². The normalized spacial score (nSPS) is 19.4. The summed E-state index contributed by atoms with van der Waals surface area (Å²) in [5.74, 6) is 0.778. The smallest absolute Gasteiger partial charge is 0.0755 e. The maximum atomic E-state index is 6.02. The molecular formula is C16H33NO2. The number of nitrogens with one attached hydrogen (secondary N) is 1. The zero-order valence-corrected chi connectivity index (χ0v) is 13.5. The highest BCUT2D eigenvalue weighted by atomic mass is 16.5. The molecule has 0 amide bonds. The van der Waals surface area contributed by atoms with E-state index in [1.165, 1.54) is 19.3 Å². The molecule has 0 heterocycles. The Kier molecular flexibility index (Phi) is 7.33. The molecule has 2 atom stereocenters. The van der Waals surface area contributed by atoms with Crippen molar-refractivity contribution < 1.29 is 9.47 Å². The predicted octanol–water partition coefficient (Wildman–Crippen LogP) is 3.37. The number of ether oxygens (including phenoxy) is 2. The summed E-state index contributed by atoms with van der Waals surface area (Å²) >= 11 is 0. The largest absolute Gasteiger partial charge is 0.379 e. The summed E-state index contributed by atoms with van der Waals surface area (Å²) in [7, 11) is 1.80. The Bertz CT molecular complexity index is 239. The van der Waals surface area contributed by atoms with Crippen LogP contribution in [0.3, 0.4) is 0 Å². The van der Waals surface area contributed by atoms with Gasteiger partial charge >= 0.3 is 0 Å². The van der Waals surface area contributed by atoms with Crippen molar-refractivity contribution in [3.8, 4) is 0 Å². The van der Waals surface area contributed by atoms with Crippen molar-refractivity contribution in [2.75, 3.05) is 20.3 Å². The fourth-order valence-corrected chi connectivity index (χ4v) is 2.52. The van der Waals surface area contributed by atoms with Crippen LogP contribution in [0.5, 0.6) is 0 Å². The minimum absolute atomic E-state index is 0.0353. The monoisotopic (exact) mass is 271 g/mol. The first-order valence-corrected chi connectivity index (χ1v) is 7.94. The standard InChI is InChI=1S/C16H33NO2/c1-6-12-17-14(10-11-16(3,4)18-5)15(19-7-2)13-8-9-13/h13-15,17H,6-12H2,1-5H3. The summed E-state index contributed by atoms with van der Waals surface area (Å²) in [5, 5.41) is 3.69. The molecule has 0 radical (unpaired) electrons. The molecule has 0 bridgehead atoms. The van der Waals surface area contributed by atoms with Crippen LogP contribution in [0.4, 0.5) is 0 Å². The van der Waals surface area contributed by atoms with E-state index in [4.69, 9.17) is 9.47 Å². The van der Waals surface area contributed by atoms with Gasteiger partial charge in [-0.15, -0.1) is 0 Å². The second-order valence-electron chi connectivity index (χ2n) is 6.32. The lowest BCUT2D eigenvalue weighted by atomic mass is 9.94. The van der Waals surface area contributed by atoms with E-state index in [9.17, 15) is 0 Å². The number of hydrogen-bond acceptors (Lipinski definition) is 3. The fraction of sp³-hybridized carbons (Fsp3) is 1.00. The Balaban J connectivity index is 2.53. The first-order chi connectivity index (χ1) is 9.04. The molecule has 1 aliphatic carbocycles. The highest BCUT2D eigenvalue weighted by Gasteiger charge is 2.37. The average Bonchev–Trinajstić information content (AvgIpc) is 3.21. The zero-order valence-electron chi connectivity index (χ0n) is 13.5. The van der Waals surface area contributed by atoms with Crippen molar-refractivity contribution in [3.05, 3.63) is 0 Å². The van der Waals surface area contributed by atoms with E-state index in [0.717, 1.165) is 31.9 Å². The minimum atomic E-state index is -0.0353. The van der Waals surface area contributed by atoms with Crippen molar-refractivity contribution in [3.63, 3.8) is 0 Å². The van der Waals surface area contributed by atoms with E-state index in [1.807, 2.05) is 0 Å². The van der Waals surface area contributed by atoms with Crippen LogP contribution < -0.4 is 5.32 Å². The molecule has 0 saturated heterocycles. The lowest BCUT2D eigenvalue weighted by Gasteiger charge is -2.31. The van der Waals surface area contributed by atoms with E-state index < -0.39 is 0 Å². The van der Waals surface area contributed by atoms with Crippen LogP contribution in [-0.4, -0.2) is 38.0 Å². The number of rotatable bonds is 11. The molecule has 1 N–H and O–H groups in total. The summed E-state index contributed by atoms with van der Waals surface area (Å²) < 4.78 is 11.6. The molecule has 0 spiro atoms. The number of methoxy groups -OCH3 is 1. The molecule has 1 fully saturated rings. The van der Waals surface area contributed by atoms with Gasteiger partial charge in [-0.1, -0.05) is 6.92 Å². The van der Waals surface area contributed by atoms with Gasteiger partial charge in [-0.25, -0.2) is 0 Å². The summed E-state index contributed by atoms with van der Waals surface area (Å²) in [6.45, 7) is 10.5. The van der Waals surface area contributed by atoms with Crippen molar-refractivity contribution in [2.45, 2.75) is 77.5 Å². The number of hydrogen-bond donors (Lipinski definition) is 1. The molecule has 0 aromatic rings. The van der Waals surface area contributed by atoms with Gasteiger partial charge in [-0.05, 0) is 65.3 Å². The highest BCUT2D eigenvalue weighted by Crippen LogP contribution is 2.37. The van der Waals surface area contributed by atoms with Crippen molar-refractivity contribution in [2.24, 2.45) is 5.92 Å². The molecule has 1 rings (SSSR count). The quantitative estimate of drug-likeness (QED) is 0.625. The summed E-state index contributed by atoms with van der Waals surface area (Å²) in [6.07, 6.45) is 6.44. The Labute approximate surface area is 119 Å². The van der Waals surface area contributed by atoms with Crippen LogP contribution in [0.1, 0.15) is 59.8 Å². The van der Waals surface area contributed by atoms with Gasteiger partial charge in [-0.2, -0.15) is 0 Å². The van der Waals surface area contributed by atoms with E-state index in [2.05, 4.69) is 33.0 Å². The maximum Gasteiger partial charge on any atom is 0.0755 e. The van der Waals surface area contributed by atoms with Gasteiger partial charge in [0.2, 0.25) is 0 Å². The minimum Gasteiger partial charge on any atom is -0.379 e. The van der Waals surface area contributed by atoms with Crippen molar-refractivity contribution >= 4 is 0 Å². The predicted molar refractivity (Wildman–Crippen MR) is 80.5 cm³/mol. The Morgan fingerprint density at radius 3 is 2.42 bits per heavy atom. The van der Waals surface area contributed by atoms with Crippen LogP contribution in [0.25, 0.3) is 0 Å². The summed E-state index contributed by atoms with van der Waals surface area (Å²) in [6, 6.07) is 0.474. The first-order valence-electron chi connectivity index (χ1n) is 7.94. The van der Waals surface area contributed by atoms with Crippen LogP contribution in [0.2, 0.25) is 0 Å². The van der Waals surface area contributed by atoms with Crippen molar-refractivity contribution in [1.29, 1.82) is 0 Å². The molecular weight excluding hydrogens is 238 g/mol.